The minimum absolute atomic E-state index is 0.283. The molecule has 0 aliphatic carbocycles. The van der Waals surface area contributed by atoms with Crippen LogP contribution in [0.15, 0.2) is 0 Å². The molecule has 21 heavy (non-hydrogen) atoms. The van der Waals surface area contributed by atoms with Crippen LogP contribution in [-0.2, 0) is 19.1 Å². The number of aliphatic hydroxyl groups is 1. The molecule has 5 atom stereocenters. The van der Waals surface area contributed by atoms with Crippen molar-refractivity contribution in [1.29, 1.82) is 0 Å². The van der Waals surface area contributed by atoms with Crippen LogP contribution in [0, 0.1) is 11.3 Å². The topological polar surface area (TPSA) is 76.1 Å². The van der Waals surface area contributed by atoms with Gasteiger partial charge in [0, 0.05) is 5.41 Å². The molecule has 120 valence electrons. The zero-order chi connectivity index (χ0) is 16.4. The van der Waals surface area contributed by atoms with Crippen molar-refractivity contribution in [3.8, 4) is 0 Å². The van der Waals surface area contributed by atoms with Gasteiger partial charge in [-0.3, -0.25) is 9.69 Å². The van der Waals surface area contributed by atoms with Crippen LogP contribution in [0.2, 0.25) is 0 Å². The maximum atomic E-state index is 12.7. The zero-order valence-corrected chi connectivity index (χ0v) is 13.8. The smallest absolute Gasteiger partial charge is 0.337 e. The minimum Gasteiger partial charge on any atom is -0.467 e. The van der Waals surface area contributed by atoms with Gasteiger partial charge in [0.15, 0.2) is 5.54 Å². The van der Waals surface area contributed by atoms with Gasteiger partial charge in [0.1, 0.15) is 11.8 Å². The molecule has 0 aromatic heterocycles. The molecule has 0 spiro atoms. The van der Waals surface area contributed by atoms with E-state index in [1.54, 1.807) is 13.8 Å². The molecule has 1 N–H and O–H groups in total. The van der Waals surface area contributed by atoms with Crippen LogP contribution in [0.25, 0.3) is 0 Å². The molecule has 0 radical (unpaired) electrons. The molecule has 2 fully saturated rings. The number of rotatable bonds is 1. The maximum Gasteiger partial charge on any atom is 0.337 e. The number of ether oxygens (including phenoxy) is 2. The third kappa shape index (κ3) is 1.72. The van der Waals surface area contributed by atoms with Gasteiger partial charge in [0.25, 0.3) is 0 Å². The second-order valence-corrected chi connectivity index (χ2v) is 7.33. The van der Waals surface area contributed by atoms with E-state index in [0.29, 0.717) is 0 Å². The molecule has 0 unspecified atom stereocenters. The Labute approximate surface area is 125 Å². The Hall–Kier alpha value is -1.14. The number of methoxy groups -OCH3 is 1. The molecule has 2 heterocycles. The highest BCUT2D eigenvalue weighted by atomic mass is 16.6. The predicted octanol–water partition coefficient (Wildman–Crippen LogP) is 0.918. The number of carbonyl (C=O) groups excluding carboxylic acids is 2. The summed E-state index contributed by atoms with van der Waals surface area (Å²) in [6, 6.07) is 0. The Balaban J connectivity index is 2.69. The summed E-state index contributed by atoms with van der Waals surface area (Å²) in [6.45, 7) is 10.7. The van der Waals surface area contributed by atoms with Gasteiger partial charge in [-0.05, 0) is 13.8 Å². The van der Waals surface area contributed by atoms with Gasteiger partial charge in [0.05, 0.1) is 19.1 Å². The average molecular weight is 299 g/mol. The summed E-state index contributed by atoms with van der Waals surface area (Å²) < 4.78 is 10.8. The lowest BCUT2D eigenvalue weighted by atomic mass is 9.74. The van der Waals surface area contributed by atoms with E-state index in [4.69, 9.17) is 9.47 Å². The van der Waals surface area contributed by atoms with Gasteiger partial charge in [-0.1, -0.05) is 27.7 Å². The summed E-state index contributed by atoms with van der Waals surface area (Å²) in [7, 11) is 1.26. The van der Waals surface area contributed by atoms with Crippen LogP contribution in [0.5, 0.6) is 0 Å². The Bertz CT molecular complexity index is 481. The van der Waals surface area contributed by atoms with Crippen LogP contribution in [-0.4, -0.2) is 52.5 Å². The van der Waals surface area contributed by atoms with Gasteiger partial charge in [-0.25, -0.2) is 4.79 Å². The first-order valence-electron chi connectivity index (χ1n) is 7.23. The van der Waals surface area contributed by atoms with Crippen LogP contribution in [0.1, 0.15) is 41.5 Å². The molecular formula is C15H25NO5. The SMILES string of the molecule is COC(=O)[C@]12[C@@H](C)O[C@H](C(C)(C)C)N1C(=O)[C@H](C)[C@]2(C)O. The van der Waals surface area contributed by atoms with Crippen molar-refractivity contribution in [2.45, 2.75) is 65.0 Å². The molecule has 0 aromatic rings. The number of hydrogen-bond donors (Lipinski definition) is 1. The first kappa shape index (κ1) is 16.2. The van der Waals surface area contributed by atoms with Crippen molar-refractivity contribution in [3.05, 3.63) is 0 Å². The lowest BCUT2D eigenvalue weighted by Gasteiger charge is -2.41. The van der Waals surface area contributed by atoms with Gasteiger partial charge in [-0.15, -0.1) is 0 Å². The molecule has 1 amide bonds. The largest absolute Gasteiger partial charge is 0.467 e. The van der Waals surface area contributed by atoms with Crippen molar-refractivity contribution in [2.75, 3.05) is 7.11 Å². The Morgan fingerprint density at radius 2 is 1.90 bits per heavy atom. The first-order valence-corrected chi connectivity index (χ1v) is 7.23. The quantitative estimate of drug-likeness (QED) is 0.729. The normalized spacial score (nSPS) is 43.1. The molecule has 2 aliphatic rings. The summed E-state index contributed by atoms with van der Waals surface area (Å²) in [5.41, 5.74) is -3.45. The molecule has 2 rings (SSSR count). The van der Waals surface area contributed by atoms with Crippen molar-refractivity contribution >= 4 is 11.9 Å². The van der Waals surface area contributed by atoms with E-state index < -0.39 is 35.4 Å². The molecule has 2 aliphatic heterocycles. The van der Waals surface area contributed by atoms with E-state index >= 15 is 0 Å². The second-order valence-electron chi connectivity index (χ2n) is 7.33. The number of amides is 1. The van der Waals surface area contributed by atoms with E-state index in [2.05, 4.69) is 0 Å². The Morgan fingerprint density at radius 1 is 1.38 bits per heavy atom. The molecule has 6 heteroatoms. The number of hydrogen-bond acceptors (Lipinski definition) is 5. The number of carbonyl (C=O) groups is 2. The maximum absolute atomic E-state index is 12.7. The van der Waals surface area contributed by atoms with E-state index in [0.717, 1.165) is 0 Å². The molecular weight excluding hydrogens is 274 g/mol. The fourth-order valence-corrected chi connectivity index (χ4v) is 3.68. The lowest BCUT2D eigenvalue weighted by molar-refractivity contribution is -0.170. The van der Waals surface area contributed by atoms with Gasteiger partial charge in [0.2, 0.25) is 5.91 Å². The number of esters is 1. The average Bonchev–Trinajstić information content (AvgIpc) is 2.77. The predicted molar refractivity (Wildman–Crippen MR) is 75.2 cm³/mol. The third-order valence-corrected chi connectivity index (χ3v) is 5.00. The van der Waals surface area contributed by atoms with Crippen molar-refractivity contribution in [3.63, 3.8) is 0 Å². The van der Waals surface area contributed by atoms with E-state index in [9.17, 15) is 14.7 Å². The second kappa shape index (κ2) is 4.43. The summed E-state index contributed by atoms with van der Waals surface area (Å²) in [5.74, 6) is -1.62. The monoisotopic (exact) mass is 299 g/mol. The van der Waals surface area contributed by atoms with E-state index in [-0.39, 0.29) is 11.3 Å². The van der Waals surface area contributed by atoms with Crippen molar-refractivity contribution in [2.24, 2.45) is 11.3 Å². The molecule has 0 aromatic carbocycles. The number of nitrogens with zero attached hydrogens (tertiary/aromatic N) is 1. The van der Waals surface area contributed by atoms with E-state index in [1.165, 1.54) is 18.9 Å². The number of fused-ring (bicyclic) bond motifs is 1. The highest BCUT2D eigenvalue weighted by Gasteiger charge is 2.77. The van der Waals surface area contributed by atoms with Gasteiger partial charge >= 0.3 is 5.97 Å². The minimum atomic E-state index is -1.56. The summed E-state index contributed by atoms with van der Waals surface area (Å²) >= 11 is 0. The molecule has 0 bridgehead atoms. The van der Waals surface area contributed by atoms with Gasteiger partial charge < -0.3 is 14.6 Å². The summed E-state index contributed by atoms with van der Waals surface area (Å²) in [5, 5.41) is 11.0. The fourth-order valence-electron chi connectivity index (χ4n) is 3.68. The first-order chi connectivity index (χ1) is 9.43. The highest BCUT2D eigenvalue weighted by Crippen LogP contribution is 2.54. The summed E-state index contributed by atoms with van der Waals surface area (Å²) in [4.78, 5) is 26.7. The van der Waals surface area contributed by atoms with Crippen molar-refractivity contribution in [1.82, 2.24) is 4.90 Å². The third-order valence-electron chi connectivity index (χ3n) is 5.00. The van der Waals surface area contributed by atoms with Crippen LogP contribution < -0.4 is 0 Å². The Morgan fingerprint density at radius 3 is 2.33 bits per heavy atom. The van der Waals surface area contributed by atoms with Crippen LogP contribution in [0.3, 0.4) is 0 Å². The van der Waals surface area contributed by atoms with Crippen molar-refractivity contribution < 1.29 is 24.2 Å². The molecule has 0 saturated carbocycles. The Kier molecular flexibility index (Phi) is 3.42. The zero-order valence-electron chi connectivity index (χ0n) is 13.8. The molecule has 6 nitrogen and oxygen atoms in total. The highest BCUT2D eigenvalue weighted by molar-refractivity contribution is 5.97. The standard InChI is InChI=1S/C15H25NO5/c1-8-10(17)16-11(13(3,4)5)21-9(2)15(16,12(18)20-7)14(8,6)19/h8-9,11,19H,1-7H3/t8-,9+,11+,14-,15-/m0/s1. The van der Waals surface area contributed by atoms with Gasteiger partial charge in [-0.2, -0.15) is 0 Å². The fraction of sp³-hybridized carbons (Fsp3) is 0.867. The van der Waals surface area contributed by atoms with Crippen LogP contribution >= 0.6 is 0 Å². The lowest BCUT2D eigenvalue weighted by Crippen LogP contribution is -2.66. The van der Waals surface area contributed by atoms with E-state index in [1.807, 2.05) is 20.8 Å². The molecule has 2 saturated heterocycles. The van der Waals surface area contributed by atoms with Crippen LogP contribution in [0.4, 0.5) is 0 Å². The summed E-state index contributed by atoms with van der Waals surface area (Å²) in [6.07, 6.45) is -1.24.